The summed E-state index contributed by atoms with van der Waals surface area (Å²) in [7, 11) is 3.33. The maximum absolute atomic E-state index is 15.0. The number of Topliss-reactive ketones (excluding diaryl/α,β-unsaturated/α-hetero) is 1. The highest BCUT2D eigenvalue weighted by Crippen LogP contribution is 2.48. The van der Waals surface area contributed by atoms with Gasteiger partial charge in [-0.3, -0.25) is 9.59 Å². The lowest BCUT2D eigenvalue weighted by Gasteiger charge is -2.45. The second-order valence-electron chi connectivity index (χ2n) is 15.2. The first kappa shape index (κ1) is 33.3. The van der Waals surface area contributed by atoms with Gasteiger partial charge in [-0.2, -0.15) is 0 Å². The number of ether oxygens (including phenoxy) is 2. The van der Waals surface area contributed by atoms with Gasteiger partial charge in [-0.1, -0.05) is 84.0 Å². The van der Waals surface area contributed by atoms with E-state index in [9.17, 15) is 4.79 Å². The standard InChI is InChI=1S/C40H50N2O4/c1-38(2,3)24-36(43)40(39(4,5)6,23-28-13-11-15-31(21-28)45-7)37(44)41-20-19-30(26-41)34-27-42(35-18-10-9-17-33(34)35)25-29-14-12-16-32(22-29)46-8/h9-18,21-22,27,30H,19-20,23-26H2,1-8H3. The summed E-state index contributed by atoms with van der Waals surface area (Å²) >= 11 is 0. The average molecular weight is 623 g/mol. The summed E-state index contributed by atoms with van der Waals surface area (Å²) in [6, 6.07) is 24.5. The summed E-state index contributed by atoms with van der Waals surface area (Å²) < 4.78 is 13.3. The van der Waals surface area contributed by atoms with Crippen molar-refractivity contribution < 1.29 is 19.1 Å². The number of hydrogen-bond acceptors (Lipinski definition) is 4. The Morgan fingerprint density at radius 2 is 1.46 bits per heavy atom. The largest absolute Gasteiger partial charge is 0.497 e. The van der Waals surface area contributed by atoms with E-state index >= 15 is 4.79 Å². The zero-order chi connectivity index (χ0) is 33.3. The van der Waals surface area contributed by atoms with E-state index in [2.05, 4.69) is 67.9 Å². The van der Waals surface area contributed by atoms with Crippen LogP contribution in [0, 0.1) is 16.2 Å². The molecular formula is C40H50N2O4. The van der Waals surface area contributed by atoms with Gasteiger partial charge in [-0.15, -0.1) is 0 Å². The van der Waals surface area contributed by atoms with Crippen molar-refractivity contribution in [3.63, 3.8) is 0 Å². The third kappa shape index (κ3) is 6.72. The van der Waals surface area contributed by atoms with E-state index in [1.165, 1.54) is 22.0 Å². The normalized spacial score (nSPS) is 16.8. The molecule has 1 amide bonds. The van der Waals surface area contributed by atoms with Crippen molar-refractivity contribution in [3.8, 4) is 11.5 Å². The molecule has 1 aromatic heterocycles. The zero-order valence-corrected chi connectivity index (χ0v) is 28.9. The highest BCUT2D eigenvalue weighted by Gasteiger charge is 2.56. The van der Waals surface area contributed by atoms with Gasteiger partial charge < -0.3 is 18.9 Å². The van der Waals surface area contributed by atoms with Crippen molar-refractivity contribution >= 4 is 22.6 Å². The number of aromatic nitrogens is 1. The molecule has 5 rings (SSSR count). The molecule has 3 aromatic carbocycles. The van der Waals surface area contributed by atoms with E-state index in [1.807, 2.05) is 62.1 Å². The lowest BCUT2D eigenvalue weighted by molar-refractivity contribution is -0.158. The Labute approximate surface area is 274 Å². The van der Waals surface area contributed by atoms with Crippen LogP contribution >= 0.6 is 0 Å². The summed E-state index contributed by atoms with van der Waals surface area (Å²) in [5.41, 5.74) is 2.44. The number of likely N-dealkylation sites (tertiary alicyclic amines) is 1. The molecular weight excluding hydrogens is 572 g/mol. The summed E-state index contributed by atoms with van der Waals surface area (Å²) in [5.74, 6) is 1.70. The first-order valence-corrected chi connectivity index (χ1v) is 16.4. The molecule has 1 saturated heterocycles. The van der Waals surface area contributed by atoms with Crippen molar-refractivity contribution in [2.24, 2.45) is 16.2 Å². The second-order valence-corrected chi connectivity index (χ2v) is 15.2. The molecule has 0 N–H and O–H groups in total. The highest BCUT2D eigenvalue weighted by atomic mass is 16.5. The monoisotopic (exact) mass is 622 g/mol. The fourth-order valence-electron chi connectivity index (χ4n) is 7.19. The SMILES string of the molecule is COc1cccc(Cn2cc(C3CCN(C(=O)C(Cc4cccc(OC)c4)(C(=O)CC(C)(C)C)C(C)(C)C)C3)c3ccccc32)c1. The average Bonchev–Trinajstić information content (AvgIpc) is 3.64. The molecule has 244 valence electrons. The van der Waals surface area contributed by atoms with Crippen LogP contribution in [-0.4, -0.2) is 48.5 Å². The van der Waals surface area contributed by atoms with Gasteiger partial charge in [0.05, 0.1) is 14.2 Å². The number of methoxy groups -OCH3 is 2. The van der Waals surface area contributed by atoms with Gasteiger partial charge in [0.2, 0.25) is 5.91 Å². The van der Waals surface area contributed by atoms with Crippen LogP contribution in [0.15, 0.2) is 79.0 Å². The minimum absolute atomic E-state index is 0.0126. The van der Waals surface area contributed by atoms with E-state index < -0.39 is 10.8 Å². The highest BCUT2D eigenvalue weighted by molar-refractivity contribution is 6.07. The lowest BCUT2D eigenvalue weighted by Crippen LogP contribution is -2.57. The Balaban J connectivity index is 1.49. The van der Waals surface area contributed by atoms with Gasteiger partial charge >= 0.3 is 0 Å². The van der Waals surface area contributed by atoms with Gasteiger partial charge in [0.25, 0.3) is 0 Å². The summed E-state index contributed by atoms with van der Waals surface area (Å²) in [6.07, 6.45) is 3.78. The first-order chi connectivity index (χ1) is 21.8. The van der Waals surface area contributed by atoms with Gasteiger partial charge in [0.1, 0.15) is 22.7 Å². The van der Waals surface area contributed by atoms with Crippen LogP contribution in [-0.2, 0) is 22.6 Å². The van der Waals surface area contributed by atoms with Gasteiger partial charge in [0.15, 0.2) is 0 Å². The maximum Gasteiger partial charge on any atom is 0.237 e. The van der Waals surface area contributed by atoms with Crippen molar-refractivity contribution in [2.75, 3.05) is 27.3 Å². The molecule has 0 spiro atoms. The molecule has 6 heteroatoms. The summed E-state index contributed by atoms with van der Waals surface area (Å²) in [4.78, 5) is 31.5. The van der Waals surface area contributed by atoms with Crippen LogP contribution in [0.2, 0.25) is 0 Å². The molecule has 2 atom stereocenters. The number of rotatable bonds is 10. The number of fused-ring (bicyclic) bond motifs is 1. The second kappa shape index (κ2) is 13.0. The molecule has 0 radical (unpaired) electrons. The minimum Gasteiger partial charge on any atom is -0.497 e. The topological polar surface area (TPSA) is 60.8 Å². The third-order valence-corrected chi connectivity index (χ3v) is 9.64. The molecule has 46 heavy (non-hydrogen) atoms. The van der Waals surface area contributed by atoms with Crippen molar-refractivity contribution in [1.82, 2.24) is 9.47 Å². The van der Waals surface area contributed by atoms with Crippen LogP contribution < -0.4 is 9.47 Å². The van der Waals surface area contributed by atoms with E-state index in [-0.39, 0.29) is 23.0 Å². The van der Waals surface area contributed by atoms with Crippen LogP contribution in [0.25, 0.3) is 10.9 Å². The van der Waals surface area contributed by atoms with Gasteiger partial charge in [-0.05, 0) is 70.7 Å². The molecule has 2 unspecified atom stereocenters. The molecule has 1 aliphatic rings. The fraction of sp³-hybridized carbons (Fsp3) is 0.450. The van der Waals surface area contributed by atoms with E-state index in [0.717, 1.165) is 30.0 Å². The van der Waals surface area contributed by atoms with Crippen molar-refractivity contribution in [1.29, 1.82) is 0 Å². The zero-order valence-electron chi connectivity index (χ0n) is 28.9. The Morgan fingerprint density at radius 3 is 2.09 bits per heavy atom. The maximum atomic E-state index is 15.0. The molecule has 0 aliphatic carbocycles. The molecule has 0 saturated carbocycles. The molecule has 1 aliphatic heterocycles. The Hall–Kier alpha value is -4.06. The number of hydrogen-bond donors (Lipinski definition) is 0. The third-order valence-electron chi connectivity index (χ3n) is 9.64. The lowest BCUT2D eigenvalue weighted by atomic mass is 9.58. The van der Waals surface area contributed by atoms with Crippen LogP contribution in [0.4, 0.5) is 0 Å². The number of carbonyl (C=O) groups excluding carboxylic acids is 2. The Kier molecular flexibility index (Phi) is 9.40. The minimum atomic E-state index is -1.22. The van der Waals surface area contributed by atoms with Crippen LogP contribution in [0.5, 0.6) is 11.5 Å². The molecule has 2 heterocycles. The summed E-state index contributed by atoms with van der Waals surface area (Å²) in [6.45, 7) is 14.3. The number of para-hydroxylation sites is 1. The van der Waals surface area contributed by atoms with Crippen molar-refractivity contribution in [3.05, 3.63) is 95.7 Å². The number of amides is 1. The van der Waals surface area contributed by atoms with E-state index in [4.69, 9.17) is 9.47 Å². The van der Waals surface area contributed by atoms with Crippen LogP contribution in [0.3, 0.4) is 0 Å². The van der Waals surface area contributed by atoms with Gasteiger partial charge in [0, 0.05) is 49.1 Å². The molecule has 0 bridgehead atoms. The first-order valence-electron chi connectivity index (χ1n) is 16.4. The number of benzene rings is 3. The predicted octanol–water partition coefficient (Wildman–Crippen LogP) is 8.30. The number of ketones is 1. The van der Waals surface area contributed by atoms with E-state index in [0.29, 0.717) is 25.9 Å². The number of nitrogens with zero attached hydrogens (tertiary/aromatic N) is 2. The van der Waals surface area contributed by atoms with Crippen LogP contribution in [0.1, 0.15) is 77.0 Å². The molecule has 1 fully saturated rings. The summed E-state index contributed by atoms with van der Waals surface area (Å²) in [5, 5.41) is 1.21. The van der Waals surface area contributed by atoms with Gasteiger partial charge in [-0.25, -0.2) is 0 Å². The Morgan fingerprint density at radius 1 is 0.826 bits per heavy atom. The Bertz CT molecular complexity index is 1710. The number of carbonyl (C=O) groups is 2. The quantitative estimate of drug-likeness (QED) is 0.167. The molecule has 4 aromatic rings. The smallest absolute Gasteiger partial charge is 0.237 e. The predicted molar refractivity (Wildman–Crippen MR) is 186 cm³/mol. The fourth-order valence-corrected chi connectivity index (χ4v) is 7.19. The van der Waals surface area contributed by atoms with E-state index in [1.54, 1.807) is 14.2 Å². The van der Waals surface area contributed by atoms with Crippen molar-refractivity contribution in [2.45, 2.75) is 73.3 Å². The molecule has 6 nitrogen and oxygen atoms in total.